The lowest BCUT2D eigenvalue weighted by Gasteiger charge is -2.41. The summed E-state index contributed by atoms with van der Waals surface area (Å²) < 4.78 is 0. The van der Waals surface area contributed by atoms with E-state index in [0.29, 0.717) is 0 Å². The number of hydrogen-bond donors (Lipinski definition) is 1. The maximum absolute atomic E-state index is 6.04. The van der Waals surface area contributed by atoms with Gasteiger partial charge in [-0.3, -0.25) is 4.90 Å². The van der Waals surface area contributed by atoms with Crippen molar-refractivity contribution in [3.8, 4) is 0 Å². The number of para-hydroxylation sites is 1. The Hall–Kier alpha value is -1.02. The molecule has 2 fully saturated rings. The number of rotatable bonds is 2. The van der Waals surface area contributed by atoms with E-state index in [2.05, 4.69) is 17.0 Å². The number of piperidine rings is 1. The highest BCUT2D eigenvalue weighted by atomic mass is 15.1. The second kappa shape index (κ2) is 5.31. The van der Waals surface area contributed by atoms with E-state index in [0.717, 1.165) is 24.1 Å². The van der Waals surface area contributed by atoms with Crippen LogP contribution in [0.3, 0.4) is 0 Å². The molecular weight excluding hydrogens is 220 g/mol. The molecule has 2 nitrogen and oxygen atoms in total. The molecule has 18 heavy (non-hydrogen) atoms. The SMILES string of the molecule is Nc1ccccc1CN1CC[C@H]2CCCC[C@H]2C1. The van der Waals surface area contributed by atoms with Gasteiger partial charge in [0, 0.05) is 18.8 Å². The van der Waals surface area contributed by atoms with Crippen molar-refractivity contribution >= 4 is 5.69 Å². The van der Waals surface area contributed by atoms with Gasteiger partial charge in [-0.15, -0.1) is 0 Å². The molecule has 2 atom stereocenters. The summed E-state index contributed by atoms with van der Waals surface area (Å²) in [4.78, 5) is 2.61. The molecule has 2 heteroatoms. The maximum atomic E-state index is 6.04. The Labute approximate surface area is 110 Å². The molecule has 1 saturated carbocycles. The first-order valence-corrected chi connectivity index (χ1v) is 7.38. The molecule has 0 bridgehead atoms. The van der Waals surface area contributed by atoms with Crippen molar-refractivity contribution in [3.05, 3.63) is 29.8 Å². The molecule has 0 radical (unpaired) electrons. The molecular formula is C16H24N2. The number of benzene rings is 1. The Balaban J connectivity index is 1.63. The first kappa shape index (κ1) is 12.0. The number of anilines is 1. The Bertz CT molecular complexity index is 402. The minimum Gasteiger partial charge on any atom is -0.398 e. The summed E-state index contributed by atoms with van der Waals surface area (Å²) in [5, 5.41) is 0. The maximum Gasteiger partial charge on any atom is 0.0359 e. The van der Waals surface area contributed by atoms with Crippen LogP contribution in [0.5, 0.6) is 0 Å². The zero-order valence-electron chi connectivity index (χ0n) is 11.1. The van der Waals surface area contributed by atoms with E-state index in [1.807, 2.05) is 12.1 Å². The van der Waals surface area contributed by atoms with Crippen LogP contribution >= 0.6 is 0 Å². The van der Waals surface area contributed by atoms with Crippen molar-refractivity contribution in [3.63, 3.8) is 0 Å². The molecule has 1 saturated heterocycles. The van der Waals surface area contributed by atoms with Crippen molar-refractivity contribution in [2.45, 2.75) is 38.6 Å². The van der Waals surface area contributed by atoms with Crippen LogP contribution in [0, 0.1) is 11.8 Å². The van der Waals surface area contributed by atoms with E-state index in [-0.39, 0.29) is 0 Å². The largest absolute Gasteiger partial charge is 0.398 e. The van der Waals surface area contributed by atoms with Crippen LogP contribution in [-0.2, 0) is 6.54 Å². The number of nitrogens with two attached hydrogens (primary N) is 1. The van der Waals surface area contributed by atoms with Crippen molar-refractivity contribution in [1.29, 1.82) is 0 Å². The number of hydrogen-bond acceptors (Lipinski definition) is 2. The van der Waals surface area contributed by atoms with Crippen LogP contribution in [0.4, 0.5) is 5.69 Å². The van der Waals surface area contributed by atoms with E-state index in [4.69, 9.17) is 5.73 Å². The molecule has 1 aliphatic heterocycles. The highest BCUT2D eigenvalue weighted by Gasteiger charge is 2.30. The molecule has 3 rings (SSSR count). The molecule has 1 aliphatic carbocycles. The summed E-state index contributed by atoms with van der Waals surface area (Å²) in [6.07, 6.45) is 7.24. The van der Waals surface area contributed by atoms with Gasteiger partial charge in [-0.1, -0.05) is 37.5 Å². The fourth-order valence-corrected chi connectivity index (χ4v) is 3.74. The van der Waals surface area contributed by atoms with Gasteiger partial charge in [-0.25, -0.2) is 0 Å². The third kappa shape index (κ3) is 2.54. The third-order valence-corrected chi connectivity index (χ3v) is 4.82. The zero-order chi connectivity index (χ0) is 12.4. The number of nitrogen functional groups attached to an aromatic ring is 1. The molecule has 98 valence electrons. The zero-order valence-corrected chi connectivity index (χ0v) is 11.1. The molecule has 2 aliphatic rings. The minimum absolute atomic E-state index is 0.947. The molecule has 2 N–H and O–H groups in total. The fraction of sp³-hybridized carbons (Fsp3) is 0.625. The van der Waals surface area contributed by atoms with Crippen LogP contribution in [0.15, 0.2) is 24.3 Å². The van der Waals surface area contributed by atoms with Crippen molar-refractivity contribution in [1.82, 2.24) is 4.90 Å². The third-order valence-electron chi connectivity index (χ3n) is 4.82. The average Bonchev–Trinajstić information content (AvgIpc) is 2.41. The van der Waals surface area contributed by atoms with Gasteiger partial charge in [0.25, 0.3) is 0 Å². The molecule has 0 amide bonds. The van der Waals surface area contributed by atoms with Crippen LogP contribution in [0.25, 0.3) is 0 Å². The summed E-state index contributed by atoms with van der Waals surface area (Å²) in [6, 6.07) is 8.30. The lowest BCUT2D eigenvalue weighted by atomic mass is 9.75. The highest BCUT2D eigenvalue weighted by Crippen LogP contribution is 2.36. The van der Waals surface area contributed by atoms with E-state index >= 15 is 0 Å². The number of fused-ring (bicyclic) bond motifs is 1. The Morgan fingerprint density at radius 2 is 1.83 bits per heavy atom. The van der Waals surface area contributed by atoms with Crippen LogP contribution in [0.2, 0.25) is 0 Å². The molecule has 0 unspecified atom stereocenters. The molecule has 0 spiro atoms. The lowest BCUT2D eigenvalue weighted by Crippen LogP contribution is -2.41. The van der Waals surface area contributed by atoms with Gasteiger partial charge in [0.15, 0.2) is 0 Å². The number of nitrogens with zero attached hydrogens (tertiary/aromatic N) is 1. The van der Waals surface area contributed by atoms with E-state index in [1.54, 1.807) is 0 Å². The van der Waals surface area contributed by atoms with Gasteiger partial charge < -0.3 is 5.73 Å². The van der Waals surface area contributed by atoms with Gasteiger partial charge in [0.1, 0.15) is 0 Å². The average molecular weight is 244 g/mol. The summed E-state index contributed by atoms with van der Waals surface area (Å²) in [5.74, 6) is 1.97. The van der Waals surface area contributed by atoms with Gasteiger partial charge in [-0.05, 0) is 42.9 Å². The second-order valence-corrected chi connectivity index (χ2v) is 6.03. The normalized spacial score (nSPS) is 28.9. The van der Waals surface area contributed by atoms with E-state index in [9.17, 15) is 0 Å². The van der Waals surface area contributed by atoms with Crippen LogP contribution < -0.4 is 5.73 Å². The minimum atomic E-state index is 0.947. The summed E-state index contributed by atoms with van der Waals surface area (Å²) in [5.41, 5.74) is 8.29. The van der Waals surface area contributed by atoms with Gasteiger partial charge in [-0.2, -0.15) is 0 Å². The van der Waals surface area contributed by atoms with Crippen LogP contribution in [0.1, 0.15) is 37.7 Å². The standard InChI is InChI=1S/C16H24N2/c17-16-8-4-3-7-15(16)12-18-10-9-13-5-1-2-6-14(13)11-18/h3-4,7-8,13-14H,1-2,5-6,9-12,17H2/t13-,14+/m1/s1. The van der Waals surface area contributed by atoms with Crippen molar-refractivity contribution < 1.29 is 0 Å². The monoisotopic (exact) mass is 244 g/mol. The lowest BCUT2D eigenvalue weighted by molar-refractivity contribution is 0.0822. The second-order valence-electron chi connectivity index (χ2n) is 6.03. The predicted octanol–water partition coefficient (Wildman–Crippen LogP) is 3.28. The quantitative estimate of drug-likeness (QED) is 0.809. The van der Waals surface area contributed by atoms with Gasteiger partial charge in [0.05, 0.1) is 0 Å². The highest BCUT2D eigenvalue weighted by molar-refractivity contribution is 5.46. The van der Waals surface area contributed by atoms with Gasteiger partial charge in [0.2, 0.25) is 0 Å². The van der Waals surface area contributed by atoms with Gasteiger partial charge >= 0.3 is 0 Å². The van der Waals surface area contributed by atoms with Crippen molar-refractivity contribution in [2.75, 3.05) is 18.8 Å². The summed E-state index contributed by atoms with van der Waals surface area (Å²) in [7, 11) is 0. The van der Waals surface area contributed by atoms with E-state index in [1.165, 1.54) is 50.8 Å². The smallest absolute Gasteiger partial charge is 0.0359 e. The topological polar surface area (TPSA) is 29.3 Å². The first-order valence-electron chi connectivity index (χ1n) is 7.38. The first-order chi connectivity index (χ1) is 8.83. The molecule has 1 aromatic carbocycles. The Morgan fingerprint density at radius 3 is 2.67 bits per heavy atom. The molecule has 1 heterocycles. The molecule has 1 aromatic rings. The summed E-state index contributed by atoms with van der Waals surface area (Å²) in [6.45, 7) is 3.59. The predicted molar refractivity (Wildman–Crippen MR) is 76.2 cm³/mol. The van der Waals surface area contributed by atoms with E-state index < -0.39 is 0 Å². The Kier molecular flexibility index (Phi) is 3.55. The number of likely N-dealkylation sites (tertiary alicyclic amines) is 1. The van der Waals surface area contributed by atoms with Crippen LogP contribution in [-0.4, -0.2) is 18.0 Å². The fourth-order valence-electron chi connectivity index (χ4n) is 3.74. The Morgan fingerprint density at radius 1 is 1.06 bits per heavy atom. The summed E-state index contributed by atoms with van der Waals surface area (Å²) >= 11 is 0. The molecule has 0 aromatic heterocycles. The van der Waals surface area contributed by atoms with Crippen molar-refractivity contribution in [2.24, 2.45) is 11.8 Å².